The van der Waals surface area contributed by atoms with Gasteiger partial charge < -0.3 is 36.9 Å². The molecule has 0 aromatic rings. The standard InChI is InChI=1S/C37H62N6O5/c1-5-7-12-25(22-41-6-2)23-47-33(46)37-32(45)28-14-9-8-13-27(28)31(44)36(37,48-37)19-15-24(3)35(17-10-11-18-35)30(43-34(39)40-4)26-16-20-42-29(38)21-26/h15,25-30,41-42H,5-14,16-23,38H2,1-4H3,(H3,39,40,43)/t25-,26?,27?,28?,29?,30+,36+,37+/m1/s1. The molecular weight excluding hydrogens is 608 g/mol. The van der Waals surface area contributed by atoms with Crippen molar-refractivity contribution in [1.82, 2.24) is 16.0 Å². The van der Waals surface area contributed by atoms with Crippen molar-refractivity contribution < 1.29 is 23.9 Å². The number of epoxide rings is 1. The van der Waals surface area contributed by atoms with E-state index in [0.29, 0.717) is 18.8 Å². The number of nitrogens with one attached hydrogen (secondary N) is 3. The van der Waals surface area contributed by atoms with Crippen LogP contribution in [0.15, 0.2) is 16.6 Å². The lowest BCUT2D eigenvalue weighted by Gasteiger charge is -2.46. The third-order valence-corrected chi connectivity index (χ3v) is 12.5. The van der Waals surface area contributed by atoms with E-state index in [-0.39, 0.29) is 54.1 Å². The Labute approximate surface area is 287 Å². The number of ether oxygens (including phenoxy) is 2. The van der Waals surface area contributed by atoms with Gasteiger partial charge in [0.05, 0.1) is 12.8 Å². The molecule has 270 valence electrons. The van der Waals surface area contributed by atoms with Gasteiger partial charge in [0.25, 0.3) is 5.60 Å². The van der Waals surface area contributed by atoms with E-state index < -0.39 is 29.0 Å². The highest BCUT2D eigenvalue weighted by atomic mass is 16.7. The summed E-state index contributed by atoms with van der Waals surface area (Å²) in [5, 5.41) is 10.3. The highest BCUT2D eigenvalue weighted by Gasteiger charge is 2.87. The van der Waals surface area contributed by atoms with Crippen molar-refractivity contribution in [2.75, 3.05) is 33.3 Å². The Kier molecular flexibility index (Phi) is 12.1. The molecule has 3 aliphatic carbocycles. The first-order valence-corrected chi connectivity index (χ1v) is 18.9. The summed E-state index contributed by atoms with van der Waals surface area (Å²) in [6, 6.07) is 0.00337. The quantitative estimate of drug-likeness (QED) is 0.0434. The van der Waals surface area contributed by atoms with Crippen LogP contribution in [0.2, 0.25) is 0 Å². The van der Waals surface area contributed by atoms with E-state index >= 15 is 0 Å². The summed E-state index contributed by atoms with van der Waals surface area (Å²) < 4.78 is 12.3. The van der Waals surface area contributed by atoms with Crippen LogP contribution in [0.5, 0.6) is 0 Å². The number of carbonyl (C=O) groups excluding carboxylic acids is 3. The monoisotopic (exact) mass is 670 g/mol. The van der Waals surface area contributed by atoms with E-state index in [4.69, 9.17) is 20.9 Å². The number of guanidine groups is 1. The maximum absolute atomic E-state index is 14.4. The number of carbonyl (C=O) groups is 3. The van der Waals surface area contributed by atoms with Gasteiger partial charge in [-0.05, 0) is 70.9 Å². The van der Waals surface area contributed by atoms with Gasteiger partial charge in [0.2, 0.25) is 0 Å². The van der Waals surface area contributed by atoms with Crippen LogP contribution < -0.4 is 27.4 Å². The van der Waals surface area contributed by atoms with Crippen LogP contribution in [0.1, 0.15) is 111 Å². The average molecular weight is 671 g/mol. The second-order valence-corrected chi connectivity index (χ2v) is 15.3. The minimum atomic E-state index is -1.85. The molecule has 0 aromatic carbocycles. The molecule has 5 rings (SSSR count). The molecule has 3 saturated carbocycles. The molecule has 11 nitrogen and oxygen atoms in total. The molecule has 2 aliphatic heterocycles. The molecule has 0 amide bonds. The van der Waals surface area contributed by atoms with Crippen molar-refractivity contribution in [2.24, 2.45) is 45.5 Å². The summed E-state index contributed by atoms with van der Waals surface area (Å²) in [5.41, 5.74) is 10.3. The predicted octanol–water partition coefficient (Wildman–Crippen LogP) is 3.50. The fourth-order valence-electron chi connectivity index (χ4n) is 9.67. The van der Waals surface area contributed by atoms with Crippen LogP contribution in [-0.4, -0.2) is 80.2 Å². The average Bonchev–Trinajstić information content (AvgIpc) is 3.57. The number of fused-ring (bicyclic) bond motifs is 2. The number of hydrogen-bond acceptors (Lipinski definition) is 9. The van der Waals surface area contributed by atoms with Crippen LogP contribution in [0.4, 0.5) is 0 Å². The van der Waals surface area contributed by atoms with Gasteiger partial charge in [0, 0.05) is 49.2 Å². The Morgan fingerprint density at radius 3 is 2.48 bits per heavy atom. The molecule has 0 aromatic heterocycles. The van der Waals surface area contributed by atoms with Crippen molar-refractivity contribution in [3.8, 4) is 0 Å². The van der Waals surface area contributed by atoms with Gasteiger partial charge in [0.1, 0.15) is 0 Å². The third-order valence-electron chi connectivity index (χ3n) is 12.5. The normalized spacial score (nSPS) is 34.6. The van der Waals surface area contributed by atoms with Gasteiger partial charge in [-0.25, -0.2) is 4.79 Å². The van der Waals surface area contributed by atoms with Gasteiger partial charge in [-0.1, -0.05) is 64.0 Å². The largest absolute Gasteiger partial charge is 0.463 e. The highest BCUT2D eigenvalue weighted by Crippen LogP contribution is 2.62. The number of unbranched alkanes of at least 4 members (excludes halogenated alkanes) is 1. The minimum Gasteiger partial charge on any atom is -0.463 e. The molecule has 2 saturated heterocycles. The SMILES string of the molecule is CCCC[C@H](CNCC)COC(=O)[C@]12O[C@@]1(CC=C(C)C1([C@@H](NC(N)=NC)C3CCNC(N)C3)CCCC1)C(=O)C1CCCCC1C2=O. The summed E-state index contributed by atoms with van der Waals surface area (Å²) in [5.74, 6) is -1.09. The van der Waals surface area contributed by atoms with E-state index in [1.165, 1.54) is 0 Å². The Hall–Kier alpha value is -2.34. The topological polar surface area (TPSA) is 173 Å². The zero-order chi connectivity index (χ0) is 34.5. The first-order chi connectivity index (χ1) is 23.1. The number of piperidine rings is 1. The molecule has 0 radical (unpaired) electrons. The van der Waals surface area contributed by atoms with Crippen LogP contribution in [0.3, 0.4) is 0 Å². The van der Waals surface area contributed by atoms with Crippen molar-refractivity contribution >= 4 is 23.5 Å². The molecule has 8 atom stereocenters. The lowest BCUT2D eigenvalue weighted by Crippen LogP contribution is -2.58. The van der Waals surface area contributed by atoms with Crippen LogP contribution in [0.25, 0.3) is 0 Å². The van der Waals surface area contributed by atoms with E-state index in [2.05, 4.69) is 47.8 Å². The Morgan fingerprint density at radius 1 is 1.12 bits per heavy atom. The summed E-state index contributed by atoms with van der Waals surface area (Å²) in [6.07, 6.45) is 14.1. The first kappa shape index (κ1) is 36.9. The Morgan fingerprint density at radius 2 is 1.83 bits per heavy atom. The second-order valence-electron chi connectivity index (χ2n) is 15.3. The number of esters is 1. The zero-order valence-corrected chi connectivity index (χ0v) is 29.9. The summed E-state index contributed by atoms with van der Waals surface area (Å²) in [4.78, 5) is 47.1. The van der Waals surface area contributed by atoms with Gasteiger partial charge in [-0.15, -0.1) is 0 Å². The number of nitrogens with two attached hydrogens (primary N) is 2. The van der Waals surface area contributed by atoms with Crippen molar-refractivity contribution in [1.29, 1.82) is 0 Å². The number of nitrogens with zero attached hydrogens (tertiary/aromatic N) is 1. The van der Waals surface area contributed by atoms with Gasteiger partial charge >= 0.3 is 5.97 Å². The number of Topliss-reactive ketones (excluding diaryl/α,β-unsaturated/α-hetero) is 2. The number of hydrogen-bond donors (Lipinski definition) is 5. The van der Waals surface area contributed by atoms with Gasteiger partial charge in [0.15, 0.2) is 23.1 Å². The molecule has 2 heterocycles. The van der Waals surface area contributed by atoms with E-state index in [0.717, 1.165) is 95.8 Å². The van der Waals surface area contributed by atoms with Gasteiger partial charge in [-0.2, -0.15) is 0 Å². The maximum Gasteiger partial charge on any atom is 0.349 e. The van der Waals surface area contributed by atoms with E-state index in [1.54, 1.807) is 7.05 Å². The van der Waals surface area contributed by atoms with Crippen molar-refractivity contribution in [3.05, 3.63) is 11.6 Å². The maximum atomic E-state index is 14.4. The molecule has 11 heteroatoms. The van der Waals surface area contributed by atoms with Crippen LogP contribution in [0, 0.1) is 29.1 Å². The fraction of sp³-hybridized carbons (Fsp3) is 0.838. The fourth-order valence-corrected chi connectivity index (χ4v) is 9.67. The molecule has 4 unspecified atom stereocenters. The molecule has 7 N–H and O–H groups in total. The first-order valence-electron chi connectivity index (χ1n) is 18.9. The Bertz CT molecular complexity index is 1220. The highest BCUT2D eigenvalue weighted by molar-refractivity contribution is 6.23. The van der Waals surface area contributed by atoms with E-state index in [1.807, 2.05) is 0 Å². The molecule has 0 bridgehead atoms. The number of ketones is 2. The van der Waals surface area contributed by atoms with Crippen LogP contribution >= 0.6 is 0 Å². The smallest absolute Gasteiger partial charge is 0.349 e. The lowest BCUT2D eigenvalue weighted by molar-refractivity contribution is -0.159. The number of rotatable bonds is 15. The number of aliphatic imine (C=N–C) groups is 1. The van der Waals surface area contributed by atoms with Gasteiger partial charge in [-0.3, -0.25) is 14.6 Å². The minimum absolute atomic E-state index is 0.00337. The predicted molar refractivity (Wildman–Crippen MR) is 187 cm³/mol. The van der Waals surface area contributed by atoms with Crippen molar-refractivity contribution in [2.45, 2.75) is 134 Å². The molecule has 48 heavy (non-hydrogen) atoms. The Balaban J connectivity index is 1.45. The summed E-state index contributed by atoms with van der Waals surface area (Å²) >= 11 is 0. The summed E-state index contributed by atoms with van der Waals surface area (Å²) in [7, 11) is 1.69. The molecule has 5 aliphatic rings. The van der Waals surface area contributed by atoms with Crippen LogP contribution in [-0.2, 0) is 23.9 Å². The zero-order valence-electron chi connectivity index (χ0n) is 29.9. The molecular formula is C37H62N6O5. The molecule has 0 spiro atoms. The van der Waals surface area contributed by atoms with E-state index in [9.17, 15) is 14.4 Å². The summed E-state index contributed by atoms with van der Waals surface area (Å²) in [6.45, 7) is 8.93. The van der Waals surface area contributed by atoms with Crippen molar-refractivity contribution in [3.63, 3.8) is 0 Å². The molecule has 5 fully saturated rings. The third kappa shape index (κ3) is 6.86. The lowest BCUT2D eigenvalue weighted by atomic mass is 9.60. The second kappa shape index (κ2) is 15.7.